The van der Waals surface area contributed by atoms with Crippen LogP contribution in [0, 0.1) is 0 Å². The Morgan fingerprint density at radius 3 is 2.65 bits per heavy atom. The highest BCUT2D eigenvalue weighted by molar-refractivity contribution is 7.08. The van der Waals surface area contributed by atoms with E-state index in [1.54, 1.807) is 18.4 Å². The molecule has 0 saturated heterocycles. The molecule has 2 rings (SSSR count). The maximum Gasteiger partial charge on any atom is 0.252 e. The third-order valence-electron chi connectivity index (χ3n) is 2.52. The van der Waals surface area contributed by atoms with Crippen molar-refractivity contribution in [3.63, 3.8) is 0 Å². The molecule has 0 radical (unpaired) electrons. The molecule has 2 aromatic heterocycles. The zero-order valence-electron chi connectivity index (χ0n) is 9.34. The Morgan fingerprint density at radius 1 is 1.35 bits per heavy atom. The molecule has 0 aliphatic rings. The average molecular weight is 267 g/mol. The van der Waals surface area contributed by atoms with Crippen LogP contribution in [0.15, 0.2) is 33.7 Å². The fourth-order valence-electron chi connectivity index (χ4n) is 1.42. The van der Waals surface area contributed by atoms with Crippen LogP contribution in [0.5, 0.6) is 0 Å². The van der Waals surface area contributed by atoms with Crippen molar-refractivity contribution in [2.75, 3.05) is 6.54 Å². The predicted molar refractivity (Wildman–Crippen MR) is 70.5 cm³/mol. The summed E-state index contributed by atoms with van der Waals surface area (Å²) in [5, 5.41) is 20.4. The van der Waals surface area contributed by atoms with Crippen LogP contribution in [0.25, 0.3) is 0 Å². The highest BCUT2D eigenvalue weighted by Crippen LogP contribution is 2.22. The topological polar surface area (TPSA) is 49.3 Å². The lowest BCUT2D eigenvalue weighted by Crippen LogP contribution is -2.38. The second-order valence-corrected chi connectivity index (χ2v) is 5.54. The molecule has 0 aliphatic heterocycles. The van der Waals surface area contributed by atoms with Crippen LogP contribution in [-0.2, 0) is 5.60 Å². The Bertz CT molecular complexity index is 475. The van der Waals surface area contributed by atoms with Crippen LogP contribution < -0.4 is 5.32 Å². The molecule has 0 fully saturated rings. The molecule has 2 aromatic rings. The zero-order valence-corrected chi connectivity index (χ0v) is 11.0. The van der Waals surface area contributed by atoms with Gasteiger partial charge in [-0.15, -0.1) is 0 Å². The molecule has 1 atom stereocenters. The van der Waals surface area contributed by atoms with Crippen molar-refractivity contribution in [1.29, 1.82) is 0 Å². The number of thiophene rings is 2. The first-order chi connectivity index (χ1) is 8.09. The van der Waals surface area contributed by atoms with Gasteiger partial charge in [-0.2, -0.15) is 22.7 Å². The Balaban J connectivity index is 1.96. The van der Waals surface area contributed by atoms with E-state index in [4.69, 9.17) is 0 Å². The third kappa shape index (κ3) is 2.94. The van der Waals surface area contributed by atoms with Crippen molar-refractivity contribution >= 4 is 28.6 Å². The summed E-state index contributed by atoms with van der Waals surface area (Å²) in [6, 6.07) is 3.63. The normalized spacial score (nSPS) is 14.2. The largest absolute Gasteiger partial charge is 0.384 e. The Labute approximate surface area is 108 Å². The number of hydrogen-bond acceptors (Lipinski definition) is 4. The van der Waals surface area contributed by atoms with Gasteiger partial charge in [0.2, 0.25) is 0 Å². The zero-order chi connectivity index (χ0) is 12.3. The molecule has 1 amide bonds. The van der Waals surface area contributed by atoms with E-state index in [0.717, 1.165) is 5.56 Å². The first-order valence-electron chi connectivity index (χ1n) is 5.15. The van der Waals surface area contributed by atoms with Gasteiger partial charge in [-0.3, -0.25) is 4.79 Å². The summed E-state index contributed by atoms with van der Waals surface area (Å²) < 4.78 is 0. The lowest BCUT2D eigenvalue weighted by molar-refractivity contribution is 0.0530. The lowest BCUT2D eigenvalue weighted by Gasteiger charge is -2.22. The van der Waals surface area contributed by atoms with Crippen LogP contribution in [0.4, 0.5) is 0 Å². The van der Waals surface area contributed by atoms with Gasteiger partial charge in [0.05, 0.1) is 6.54 Å². The Morgan fingerprint density at radius 2 is 2.06 bits per heavy atom. The summed E-state index contributed by atoms with van der Waals surface area (Å²) >= 11 is 3.00. The van der Waals surface area contributed by atoms with Gasteiger partial charge in [0.25, 0.3) is 5.91 Å². The van der Waals surface area contributed by atoms with Gasteiger partial charge in [-0.1, -0.05) is 0 Å². The standard InChI is InChI=1S/C12H13NO2S2/c1-12(15,10-3-5-17-7-10)8-13-11(14)9-2-4-16-6-9/h2-7,15H,8H2,1H3,(H,13,14). The van der Waals surface area contributed by atoms with Gasteiger partial charge in [-0.25, -0.2) is 0 Å². The number of carbonyl (C=O) groups excluding carboxylic acids is 1. The highest BCUT2D eigenvalue weighted by Gasteiger charge is 2.24. The molecular formula is C12H13NO2S2. The Kier molecular flexibility index (Phi) is 3.61. The van der Waals surface area contributed by atoms with Crippen molar-refractivity contribution in [2.45, 2.75) is 12.5 Å². The number of nitrogens with one attached hydrogen (secondary N) is 1. The molecule has 0 aromatic carbocycles. The first-order valence-corrected chi connectivity index (χ1v) is 7.03. The summed E-state index contributed by atoms with van der Waals surface area (Å²) in [6.45, 7) is 1.90. The van der Waals surface area contributed by atoms with Gasteiger partial charge in [0.15, 0.2) is 0 Å². The number of carbonyl (C=O) groups is 1. The number of aliphatic hydroxyl groups is 1. The van der Waals surface area contributed by atoms with Crippen molar-refractivity contribution < 1.29 is 9.90 Å². The van der Waals surface area contributed by atoms with Crippen molar-refractivity contribution in [3.8, 4) is 0 Å². The number of rotatable bonds is 4. The minimum absolute atomic E-state index is 0.151. The molecule has 2 heterocycles. The van der Waals surface area contributed by atoms with Crippen LogP contribution >= 0.6 is 22.7 Å². The molecule has 0 bridgehead atoms. The number of hydrogen-bond donors (Lipinski definition) is 2. The van der Waals surface area contributed by atoms with Gasteiger partial charge in [-0.05, 0) is 40.8 Å². The Hall–Kier alpha value is -1.17. The molecule has 1 unspecified atom stereocenters. The van der Waals surface area contributed by atoms with Crippen LogP contribution in [0.2, 0.25) is 0 Å². The molecular weight excluding hydrogens is 254 g/mol. The van der Waals surface area contributed by atoms with E-state index in [1.807, 2.05) is 22.2 Å². The molecule has 5 heteroatoms. The van der Waals surface area contributed by atoms with Crippen molar-refractivity contribution in [2.24, 2.45) is 0 Å². The van der Waals surface area contributed by atoms with E-state index < -0.39 is 5.60 Å². The second kappa shape index (κ2) is 5.00. The molecule has 2 N–H and O–H groups in total. The summed E-state index contributed by atoms with van der Waals surface area (Å²) in [6.07, 6.45) is 0. The molecule has 3 nitrogen and oxygen atoms in total. The van der Waals surface area contributed by atoms with Gasteiger partial charge >= 0.3 is 0 Å². The lowest BCUT2D eigenvalue weighted by atomic mass is 9.99. The fourth-order valence-corrected chi connectivity index (χ4v) is 2.84. The van der Waals surface area contributed by atoms with Gasteiger partial charge in [0.1, 0.15) is 5.60 Å². The molecule has 0 spiro atoms. The van der Waals surface area contributed by atoms with Crippen LogP contribution in [0.1, 0.15) is 22.8 Å². The van der Waals surface area contributed by atoms with E-state index in [1.165, 1.54) is 22.7 Å². The average Bonchev–Trinajstić information content (AvgIpc) is 2.97. The van der Waals surface area contributed by atoms with Crippen LogP contribution in [0.3, 0.4) is 0 Å². The quantitative estimate of drug-likeness (QED) is 0.894. The SMILES string of the molecule is CC(O)(CNC(=O)c1ccsc1)c1ccsc1. The summed E-state index contributed by atoms with van der Waals surface area (Å²) in [5.74, 6) is -0.151. The maximum atomic E-state index is 11.7. The van der Waals surface area contributed by atoms with E-state index in [9.17, 15) is 9.90 Å². The van der Waals surface area contributed by atoms with E-state index in [0.29, 0.717) is 5.56 Å². The van der Waals surface area contributed by atoms with E-state index >= 15 is 0 Å². The van der Waals surface area contributed by atoms with E-state index in [-0.39, 0.29) is 12.5 Å². The van der Waals surface area contributed by atoms with Gasteiger partial charge < -0.3 is 10.4 Å². The summed E-state index contributed by atoms with van der Waals surface area (Å²) in [5.41, 5.74) is 0.440. The van der Waals surface area contributed by atoms with E-state index in [2.05, 4.69) is 5.32 Å². The molecule has 0 saturated carbocycles. The minimum Gasteiger partial charge on any atom is -0.384 e. The third-order valence-corrected chi connectivity index (χ3v) is 3.89. The van der Waals surface area contributed by atoms with Crippen molar-refractivity contribution in [1.82, 2.24) is 5.32 Å². The summed E-state index contributed by atoms with van der Waals surface area (Å²) in [4.78, 5) is 11.7. The minimum atomic E-state index is -1.02. The molecule has 17 heavy (non-hydrogen) atoms. The highest BCUT2D eigenvalue weighted by atomic mass is 32.1. The fraction of sp³-hybridized carbons (Fsp3) is 0.250. The molecule has 90 valence electrons. The van der Waals surface area contributed by atoms with Crippen LogP contribution in [-0.4, -0.2) is 17.6 Å². The second-order valence-electron chi connectivity index (χ2n) is 3.98. The summed E-state index contributed by atoms with van der Waals surface area (Å²) in [7, 11) is 0. The first kappa shape index (κ1) is 12.3. The maximum absolute atomic E-state index is 11.7. The number of amides is 1. The monoisotopic (exact) mass is 267 g/mol. The molecule has 0 aliphatic carbocycles. The van der Waals surface area contributed by atoms with Crippen molar-refractivity contribution in [3.05, 3.63) is 44.8 Å². The van der Waals surface area contributed by atoms with Gasteiger partial charge in [0, 0.05) is 10.9 Å². The smallest absolute Gasteiger partial charge is 0.252 e. The predicted octanol–water partition coefficient (Wildman–Crippen LogP) is 2.45.